The minimum absolute atomic E-state index is 0. The minimum Gasteiger partial charge on any atom is -0.396 e. The molecular weight excluding hydrogens is 247 g/mol. The first-order chi connectivity index (χ1) is 7.27. The average Bonchev–Trinajstić information content (AvgIpc) is 2.71. The van der Waals surface area contributed by atoms with Crippen LogP contribution in [0.15, 0.2) is 12.5 Å². The molecule has 0 aliphatic carbocycles. The molecule has 1 aromatic rings. The summed E-state index contributed by atoms with van der Waals surface area (Å²) in [7, 11) is 0. The SMILES string of the molecule is Nc1cncnc1C(=O)NC1CCOC1.[CH3-].[K+]. The molecule has 2 rings (SSSR count). The van der Waals surface area contributed by atoms with Crippen molar-refractivity contribution in [1.82, 2.24) is 15.3 Å². The van der Waals surface area contributed by atoms with Crippen molar-refractivity contribution in [2.75, 3.05) is 18.9 Å². The molecule has 1 aliphatic heterocycles. The molecule has 3 N–H and O–H groups in total. The fourth-order valence-electron chi connectivity index (χ4n) is 1.43. The zero-order valence-electron chi connectivity index (χ0n) is 10.1. The van der Waals surface area contributed by atoms with Gasteiger partial charge in [-0.3, -0.25) is 4.79 Å². The van der Waals surface area contributed by atoms with Crippen molar-refractivity contribution in [3.05, 3.63) is 25.6 Å². The maximum atomic E-state index is 11.7. The number of carbonyl (C=O) groups is 1. The van der Waals surface area contributed by atoms with Gasteiger partial charge in [-0.1, -0.05) is 0 Å². The first kappa shape index (κ1) is 16.9. The molecule has 0 spiro atoms. The topological polar surface area (TPSA) is 90.1 Å². The molecule has 7 heteroatoms. The minimum atomic E-state index is -0.273. The molecule has 6 nitrogen and oxygen atoms in total. The maximum absolute atomic E-state index is 11.7. The van der Waals surface area contributed by atoms with Gasteiger partial charge in [-0.15, -0.1) is 0 Å². The Labute approximate surface area is 143 Å². The van der Waals surface area contributed by atoms with Crippen molar-refractivity contribution in [1.29, 1.82) is 0 Å². The summed E-state index contributed by atoms with van der Waals surface area (Å²) in [6.07, 6.45) is 3.54. The fourth-order valence-corrected chi connectivity index (χ4v) is 1.43. The van der Waals surface area contributed by atoms with Gasteiger partial charge in [-0.2, -0.15) is 0 Å². The predicted molar refractivity (Wildman–Crippen MR) is 59.5 cm³/mol. The largest absolute Gasteiger partial charge is 1.00 e. The molecule has 0 bridgehead atoms. The normalized spacial score (nSPS) is 17.8. The van der Waals surface area contributed by atoms with E-state index in [0.717, 1.165) is 6.42 Å². The van der Waals surface area contributed by atoms with Crippen LogP contribution in [0.25, 0.3) is 0 Å². The number of rotatable bonds is 2. The molecule has 1 aromatic heterocycles. The summed E-state index contributed by atoms with van der Waals surface area (Å²) in [6, 6.07) is 0.0619. The zero-order valence-corrected chi connectivity index (χ0v) is 13.3. The molecule has 0 radical (unpaired) electrons. The van der Waals surface area contributed by atoms with Crippen molar-refractivity contribution < 1.29 is 60.9 Å². The van der Waals surface area contributed by atoms with E-state index < -0.39 is 0 Å². The number of hydrogen-bond acceptors (Lipinski definition) is 5. The van der Waals surface area contributed by atoms with E-state index in [2.05, 4.69) is 15.3 Å². The number of ether oxygens (including phenoxy) is 1. The molecule has 0 saturated carbocycles. The molecule has 17 heavy (non-hydrogen) atoms. The Balaban J connectivity index is 0.00000128. The summed E-state index contributed by atoms with van der Waals surface area (Å²) in [6.45, 7) is 1.24. The summed E-state index contributed by atoms with van der Waals surface area (Å²) in [5.41, 5.74) is 6.08. The number of hydrogen-bond donors (Lipinski definition) is 2. The second-order valence-corrected chi connectivity index (χ2v) is 3.36. The third kappa shape index (κ3) is 4.61. The van der Waals surface area contributed by atoms with Crippen LogP contribution in [-0.2, 0) is 4.74 Å². The van der Waals surface area contributed by atoms with Crippen molar-refractivity contribution in [3.8, 4) is 0 Å². The van der Waals surface area contributed by atoms with Crippen LogP contribution >= 0.6 is 0 Å². The molecule has 1 fully saturated rings. The number of amides is 1. The van der Waals surface area contributed by atoms with Gasteiger partial charge in [0.05, 0.1) is 24.5 Å². The Kier molecular flexibility index (Phi) is 8.09. The summed E-state index contributed by atoms with van der Waals surface area (Å²) in [4.78, 5) is 19.2. The van der Waals surface area contributed by atoms with Crippen LogP contribution in [0.1, 0.15) is 16.9 Å². The van der Waals surface area contributed by atoms with E-state index in [1.807, 2.05) is 0 Å². The molecule has 1 atom stereocenters. The predicted octanol–water partition coefficient (Wildman–Crippen LogP) is -2.97. The summed E-state index contributed by atoms with van der Waals surface area (Å²) < 4.78 is 5.15. The smallest absolute Gasteiger partial charge is 0.396 e. The summed E-state index contributed by atoms with van der Waals surface area (Å²) in [5, 5.41) is 2.80. The van der Waals surface area contributed by atoms with Gasteiger partial charge in [0.2, 0.25) is 0 Å². The van der Waals surface area contributed by atoms with Gasteiger partial charge < -0.3 is 23.2 Å². The Morgan fingerprint density at radius 2 is 2.35 bits per heavy atom. The quantitative estimate of drug-likeness (QED) is 0.439. The van der Waals surface area contributed by atoms with Crippen molar-refractivity contribution >= 4 is 11.6 Å². The number of nitrogen functional groups attached to an aromatic ring is 1. The molecule has 88 valence electrons. The second kappa shape index (κ2) is 8.12. The number of nitrogens with one attached hydrogen (secondary N) is 1. The summed E-state index contributed by atoms with van der Waals surface area (Å²) >= 11 is 0. The first-order valence-electron chi connectivity index (χ1n) is 4.71. The number of anilines is 1. The number of nitrogens with zero attached hydrogens (tertiary/aromatic N) is 2. The monoisotopic (exact) mass is 262 g/mol. The van der Waals surface area contributed by atoms with E-state index in [-0.39, 0.29) is 82.1 Å². The third-order valence-corrected chi connectivity index (χ3v) is 2.22. The number of nitrogens with two attached hydrogens (primary N) is 1. The van der Waals surface area contributed by atoms with Crippen LogP contribution in [0.5, 0.6) is 0 Å². The van der Waals surface area contributed by atoms with Crippen molar-refractivity contribution in [2.24, 2.45) is 0 Å². The molecule has 1 amide bonds. The zero-order chi connectivity index (χ0) is 10.7. The van der Waals surface area contributed by atoms with Crippen LogP contribution in [0.4, 0.5) is 5.69 Å². The molecule has 1 saturated heterocycles. The molecule has 2 heterocycles. The molecular formula is C10H15KN4O2. The number of aromatic nitrogens is 2. The molecule has 1 unspecified atom stereocenters. The van der Waals surface area contributed by atoms with Gasteiger partial charge in [0.25, 0.3) is 5.91 Å². The van der Waals surface area contributed by atoms with E-state index >= 15 is 0 Å². The number of carbonyl (C=O) groups excluding carboxylic acids is 1. The van der Waals surface area contributed by atoms with Crippen LogP contribution in [-0.4, -0.2) is 35.1 Å². The second-order valence-electron chi connectivity index (χ2n) is 3.36. The van der Waals surface area contributed by atoms with E-state index in [1.54, 1.807) is 0 Å². The van der Waals surface area contributed by atoms with Gasteiger partial charge in [0.1, 0.15) is 6.33 Å². The van der Waals surface area contributed by atoms with Crippen LogP contribution in [0.3, 0.4) is 0 Å². The van der Waals surface area contributed by atoms with Gasteiger partial charge in [-0.25, -0.2) is 9.97 Å². The van der Waals surface area contributed by atoms with Gasteiger partial charge >= 0.3 is 51.4 Å². The third-order valence-electron chi connectivity index (χ3n) is 2.22. The van der Waals surface area contributed by atoms with Crippen LogP contribution in [0, 0.1) is 7.43 Å². The average molecular weight is 262 g/mol. The van der Waals surface area contributed by atoms with E-state index in [4.69, 9.17) is 10.5 Å². The maximum Gasteiger partial charge on any atom is 1.00 e. The van der Waals surface area contributed by atoms with E-state index in [0.29, 0.717) is 13.2 Å². The first-order valence-corrected chi connectivity index (χ1v) is 4.71. The van der Waals surface area contributed by atoms with Crippen LogP contribution in [0.2, 0.25) is 0 Å². The van der Waals surface area contributed by atoms with Crippen LogP contribution < -0.4 is 62.4 Å². The van der Waals surface area contributed by atoms with Crippen molar-refractivity contribution in [3.63, 3.8) is 0 Å². The Morgan fingerprint density at radius 3 is 2.94 bits per heavy atom. The summed E-state index contributed by atoms with van der Waals surface area (Å²) in [5.74, 6) is -0.273. The van der Waals surface area contributed by atoms with E-state index in [1.165, 1.54) is 12.5 Å². The fraction of sp³-hybridized carbons (Fsp3) is 0.400. The Hall–Kier alpha value is -0.0536. The Morgan fingerprint density at radius 1 is 1.59 bits per heavy atom. The van der Waals surface area contributed by atoms with Gasteiger partial charge in [0, 0.05) is 6.61 Å². The molecule has 1 aliphatic rings. The van der Waals surface area contributed by atoms with Gasteiger partial charge in [-0.05, 0) is 6.42 Å². The van der Waals surface area contributed by atoms with Gasteiger partial charge in [0.15, 0.2) is 5.69 Å². The van der Waals surface area contributed by atoms with E-state index in [9.17, 15) is 4.79 Å². The standard InChI is InChI=1S/C9H12N4O2.CH3.K/c10-7-3-11-5-12-8(7)9(14)13-6-1-2-15-4-6;;/h3,5-6H,1-2,4,10H2,(H,13,14);1H3;/q;-1;+1. The van der Waals surface area contributed by atoms with Crippen molar-refractivity contribution in [2.45, 2.75) is 12.5 Å². The Bertz CT molecular complexity index is 369. The molecule has 0 aromatic carbocycles.